The molecular formula is C18H15N5O3. The maximum absolute atomic E-state index is 12.1. The molecule has 0 aliphatic carbocycles. The molecule has 2 aromatic carbocycles. The first-order valence-corrected chi connectivity index (χ1v) is 7.73. The average Bonchev–Trinajstić information content (AvgIpc) is 3.14. The smallest absolute Gasteiger partial charge is 0.272 e. The van der Waals surface area contributed by atoms with Gasteiger partial charge in [0.2, 0.25) is 0 Å². The van der Waals surface area contributed by atoms with Gasteiger partial charge in [-0.05, 0) is 18.6 Å². The van der Waals surface area contributed by atoms with Gasteiger partial charge in [0.1, 0.15) is 5.69 Å². The highest BCUT2D eigenvalue weighted by Gasteiger charge is 2.13. The summed E-state index contributed by atoms with van der Waals surface area (Å²) < 4.78 is 0. The molecule has 2 N–H and O–H groups in total. The van der Waals surface area contributed by atoms with Gasteiger partial charge in [0.15, 0.2) is 0 Å². The third kappa shape index (κ3) is 3.99. The van der Waals surface area contributed by atoms with Crippen LogP contribution in [0.4, 0.5) is 5.69 Å². The Kier molecular flexibility index (Phi) is 4.84. The number of aromatic amines is 1. The quantitative estimate of drug-likeness (QED) is 0.418. The van der Waals surface area contributed by atoms with E-state index in [2.05, 4.69) is 20.7 Å². The fourth-order valence-electron chi connectivity index (χ4n) is 2.24. The average molecular weight is 349 g/mol. The number of nitrogens with one attached hydrogen (secondary N) is 2. The normalized spacial score (nSPS) is 10.8. The lowest BCUT2D eigenvalue weighted by Crippen LogP contribution is -2.17. The number of aromatic nitrogens is 2. The van der Waals surface area contributed by atoms with Gasteiger partial charge >= 0.3 is 0 Å². The number of amides is 1. The summed E-state index contributed by atoms with van der Waals surface area (Å²) in [4.78, 5) is 22.5. The molecule has 3 aromatic rings. The van der Waals surface area contributed by atoms with Crippen molar-refractivity contribution in [3.63, 3.8) is 0 Å². The molecule has 0 radical (unpaired) electrons. The fraction of sp³-hybridized carbons (Fsp3) is 0.0556. The molecule has 0 spiro atoms. The highest BCUT2D eigenvalue weighted by atomic mass is 16.6. The number of hydrogen-bond acceptors (Lipinski definition) is 5. The van der Waals surface area contributed by atoms with Gasteiger partial charge in [-0.15, -0.1) is 0 Å². The molecule has 130 valence electrons. The second kappa shape index (κ2) is 7.39. The molecule has 26 heavy (non-hydrogen) atoms. The number of carbonyl (C=O) groups is 1. The van der Waals surface area contributed by atoms with Gasteiger partial charge in [0, 0.05) is 17.7 Å². The first kappa shape index (κ1) is 17.0. The summed E-state index contributed by atoms with van der Waals surface area (Å²) in [7, 11) is 0. The van der Waals surface area contributed by atoms with Crippen LogP contribution in [0, 0.1) is 17.0 Å². The lowest BCUT2D eigenvalue weighted by Gasteiger charge is -1.97. The van der Waals surface area contributed by atoms with Crippen LogP contribution in [0.15, 0.2) is 59.7 Å². The zero-order chi connectivity index (χ0) is 18.5. The number of hydrazone groups is 1. The molecule has 0 unspecified atom stereocenters. The van der Waals surface area contributed by atoms with Gasteiger partial charge in [-0.25, -0.2) is 5.43 Å². The molecule has 1 heterocycles. The largest absolute Gasteiger partial charge is 0.289 e. The highest BCUT2D eigenvalue weighted by molar-refractivity contribution is 5.94. The van der Waals surface area contributed by atoms with Crippen LogP contribution in [0.5, 0.6) is 0 Å². The van der Waals surface area contributed by atoms with Gasteiger partial charge < -0.3 is 0 Å². The molecular weight excluding hydrogens is 334 g/mol. The van der Waals surface area contributed by atoms with Crippen molar-refractivity contribution in [2.24, 2.45) is 5.10 Å². The fourth-order valence-corrected chi connectivity index (χ4v) is 2.24. The summed E-state index contributed by atoms with van der Waals surface area (Å²) in [6.45, 7) is 1.99. The Morgan fingerprint density at radius 1 is 1.23 bits per heavy atom. The van der Waals surface area contributed by atoms with E-state index in [0.29, 0.717) is 11.3 Å². The van der Waals surface area contributed by atoms with Gasteiger partial charge in [-0.1, -0.05) is 42.0 Å². The molecule has 0 bridgehead atoms. The van der Waals surface area contributed by atoms with Crippen molar-refractivity contribution in [2.45, 2.75) is 6.92 Å². The zero-order valence-corrected chi connectivity index (χ0v) is 13.8. The van der Waals surface area contributed by atoms with Crippen molar-refractivity contribution in [2.75, 3.05) is 0 Å². The first-order chi connectivity index (χ1) is 12.5. The van der Waals surface area contributed by atoms with E-state index in [1.165, 1.54) is 24.4 Å². The van der Waals surface area contributed by atoms with Gasteiger partial charge in [-0.2, -0.15) is 10.2 Å². The zero-order valence-electron chi connectivity index (χ0n) is 13.8. The summed E-state index contributed by atoms with van der Waals surface area (Å²) in [5.41, 5.74) is 5.53. The van der Waals surface area contributed by atoms with Crippen LogP contribution < -0.4 is 5.43 Å². The van der Waals surface area contributed by atoms with Crippen LogP contribution in [0.2, 0.25) is 0 Å². The third-order valence-electron chi connectivity index (χ3n) is 3.63. The number of hydrogen-bond donors (Lipinski definition) is 2. The van der Waals surface area contributed by atoms with Crippen LogP contribution in [0.25, 0.3) is 11.3 Å². The maximum atomic E-state index is 12.1. The van der Waals surface area contributed by atoms with E-state index in [1.807, 2.05) is 31.2 Å². The Labute approximate surface area is 148 Å². The van der Waals surface area contributed by atoms with Crippen LogP contribution in [0.1, 0.15) is 21.6 Å². The number of non-ortho nitro benzene ring substituents is 1. The SMILES string of the molecule is Cc1ccc(/C=N/NC(=O)c2cc(-c3cccc([N+](=O)[O-])c3)n[nH]2)cc1. The van der Waals surface area contributed by atoms with Crippen molar-refractivity contribution in [1.82, 2.24) is 15.6 Å². The number of nitro groups is 1. The van der Waals surface area contributed by atoms with Crippen molar-refractivity contribution in [1.29, 1.82) is 0 Å². The Balaban J connectivity index is 1.69. The monoisotopic (exact) mass is 349 g/mol. The molecule has 8 heteroatoms. The molecule has 0 saturated heterocycles. The van der Waals surface area contributed by atoms with Gasteiger partial charge in [0.25, 0.3) is 11.6 Å². The van der Waals surface area contributed by atoms with E-state index < -0.39 is 10.8 Å². The number of nitro benzene ring substituents is 1. The van der Waals surface area contributed by atoms with E-state index >= 15 is 0 Å². The van der Waals surface area contributed by atoms with Crippen molar-refractivity contribution < 1.29 is 9.72 Å². The predicted octanol–water partition coefficient (Wildman–Crippen LogP) is 3.06. The number of nitrogens with zero attached hydrogens (tertiary/aromatic N) is 3. The highest BCUT2D eigenvalue weighted by Crippen LogP contribution is 2.22. The second-order valence-corrected chi connectivity index (χ2v) is 5.58. The van der Waals surface area contributed by atoms with E-state index in [-0.39, 0.29) is 11.4 Å². The molecule has 0 atom stereocenters. The van der Waals surface area contributed by atoms with Gasteiger partial charge in [-0.3, -0.25) is 20.0 Å². The van der Waals surface area contributed by atoms with Crippen LogP contribution >= 0.6 is 0 Å². The molecule has 1 aromatic heterocycles. The van der Waals surface area contributed by atoms with E-state index in [4.69, 9.17) is 0 Å². The lowest BCUT2D eigenvalue weighted by molar-refractivity contribution is -0.384. The molecule has 8 nitrogen and oxygen atoms in total. The molecule has 0 aliphatic heterocycles. The van der Waals surface area contributed by atoms with Crippen LogP contribution in [-0.2, 0) is 0 Å². The summed E-state index contributed by atoms with van der Waals surface area (Å²) in [6, 6.07) is 15.2. The van der Waals surface area contributed by atoms with Crippen molar-refractivity contribution in [3.05, 3.63) is 81.5 Å². The molecule has 0 saturated carbocycles. The number of aryl methyl sites for hydroxylation is 1. The Hall–Kier alpha value is -3.81. The Morgan fingerprint density at radius 2 is 2.00 bits per heavy atom. The van der Waals surface area contributed by atoms with E-state index in [9.17, 15) is 14.9 Å². The maximum Gasteiger partial charge on any atom is 0.289 e. The number of rotatable bonds is 5. The van der Waals surface area contributed by atoms with E-state index in [0.717, 1.165) is 11.1 Å². The molecule has 3 rings (SSSR count). The van der Waals surface area contributed by atoms with Crippen LogP contribution in [0.3, 0.4) is 0 Å². The topological polar surface area (TPSA) is 113 Å². The van der Waals surface area contributed by atoms with Crippen molar-refractivity contribution in [3.8, 4) is 11.3 Å². The Morgan fingerprint density at radius 3 is 2.73 bits per heavy atom. The summed E-state index contributed by atoms with van der Waals surface area (Å²) in [5.74, 6) is -0.461. The third-order valence-corrected chi connectivity index (χ3v) is 3.63. The molecule has 0 fully saturated rings. The minimum Gasteiger partial charge on any atom is -0.272 e. The lowest BCUT2D eigenvalue weighted by atomic mass is 10.1. The molecule has 0 aliphatic rings. The second-order valence-electron chi connectivity index (χ2n) is 5.58. The number of carbonyl (C=O) groups excluding carboxylic acids is 1. The number of H-pyrrole nitrogens is 1. The first-order valence-electron chi connectivity index (χ1n) is 7.73. The van der Waals surface area contributed by atoms with Gasteiger partial charge in [0.05, 0.1) is 16.8 Å². The van der Waals surface area contributed by atoms with Crippen LogP contribution in [-0.4, -0.2) is 27.2 Å². The summed E-state index contributed by atoms with van der Waals surface area (Å²) in [5, 5.41) is 21.4. The minimum absolute atomic E-state index is 0.0424. The minimum atomic E-state index is -0.483. The molecule has 1 amide bonds. The van der Waals surface area contributed by atoms with Crippen molar-refractivity contribution >= 4 is 17.8 Å². The standard InChI is InChI=1S/C18H15N5O3/c1-12-5-7-13(8-6-12)11-19-22-18(24)17-10-16(20-21-17)14-3-2-4-15(9-14)23(25)26/h2-11H,1H3,(H,20,21)(H,22,24)/b19-11+. The Bertz CT molecular complexity index is 977. The predicted molar refractivity (Wildman–Crippen MR) is 96.9 cm³/mol. The summed E-state index contributed by atoms with van der Waals surface area (Å²) >= 11 is 0. The number of benzene rings is 2. The summed E-state index contributed by atoms with van der Waals surface area (Å²) in [6.07, 6.45) is 1.54. The van der Waals surface area contributed by atoms with E-state index in [1.54, 1.807) is 12.1 Å².